The minimum Gasteiger partial charge on any atom is -0.362 e. The number of rotatable bonds is 3. The Kier molecular flexibility index (Phi) is 3.37. The summed E-state index contributed by atoms with van der Waals surface area (Å²) >= 11 is 5.82. The first-order chi connectivity index (χ1) is 12.1. The molecule has 0 spiro atoms. The van der Waals surface area contributed by atoms with Crippen LogP contribution in [0.15, 0.2) is 0 Å². The van der Waals surface area contributed by atoms with Gasteiger partial charge in [0.1, 0.15) is 0 Å². The Bertz CT molecular complexity index is 512. The summed E-state index contributed by atoms with van der Waals surface area (Å²) in [6, 6.07) is 0. The Morgan fingerprint density at radius 3 is 1.52 bits per heavy atom. The molecule has 25 heavy (non-hydrogen) atoms. The molecule has 0 atom stereocenters. The van der Waals surface area contributed by atoms with Crippen LogP contribution in [0.1, 0.15) is 77.0 Å². The van der Waals surface area contributed by atoms with Crippen LogP contribution >= 0.6 is 12.2 Å². The van der Waals surface area contributed by atoms with Gasteiger partial charge in [-0.2, -0.15) is 0 Å². The van der Waals surface area contributed by atoms with Crippen LogP contribution in [0.25, 0.3) is 0 Å². The Labute approximate surface area is 158 Å². The summed E-state index contributed by atoms with van der Waals surface area (Å²) in [5, 5.41) is 8.60. The third-order valence-electron chi connectivity index (χ3n) is 9.21. The van der Waals surface area contributed by atoms with E-state index in [-0.39, 0.29) is 0 Å². The molecule has 8 aliphatic rings. The van der Waals surface area contributed by atoms with Crippen LogP contribution in [0.4, 0.5) is 0 Å². The smallest absolute Gasteiger partial charge is 0.166 e. The zero-order chi connectivity index (χ0) is 16.6. The molecule has 8 rings (SSSR count). The first-order valence-electron chi connectivity index (χ1n) is 11.1. The van der Waals surface area contributed by atoms with Gasteiger partial charge in [-0.25, -0.2) is 0 Å². The molecule has 0 aromatic heterocycles. The van der Waals surface area contributed by atoms with Gasteiger partial charge in [-0.3, -0.25) is 0 Å². The van der Waals surface area contributed by atoms with Gasteiger partial charge in [0.2, 0.25) is 0 Å². The van der Waals surface area contributed by atoms with Gasteiger partial charge in [0, 0.05) is 12.1 Å². The molecule has 0 unspecified atom stereocenters. The van der Waals surface area contributed by atoms with Crippen LogP contribution < -0.4 is 10.6 Å². The fourth-order valence-electron chi connectivity index (χ4n) is 9.32. The third-order valence-corrected chi connectivity index (χ3v) is 9.45. The van der Waals surface area contributed by atoms with E-state index in [0.29, 0.717) is 11.0 Å². The fraction of sp³-hybridized carbons (Fsp3) is 0.955. The summed E-state index contributed by atoms with van der Waals surface area (Å²) < 4.78 is 0. The average Bonchev–Trinajstić information content (AvgIpc) is 2.50. The van der Waals surface area contributed by atoms with Crippen LogP contribution in [0.2, 0.25) is 0 Å². The summed E-state index contributed by atoms with van der Waals surface area (Å²) in [4.78, 5) is 0. The zero-order valence-corrected chi connectivity index (χ0v) is 16.4. The van der Waals surface area contributed by atoms with Crippen molar-refractivity contribution in [1.29, 1.82) is 0 Å². The van der Waals surface area contributed by atoms with Gasteiger partial charge in [-0.15, -0.1) is 0 Å². The van der Waals surface area contributed by atoms with E-state index in [2.05, 4.69) is 10.6 Å². The van der Waals surface area contributed by atoms with Crippen molar-refractivity contribution in [1.82, 2.24) is 10.6 Å². The van der Waals surface area contributed by atoms with Crippen LogP contribution in [0.5, 0.6) is 0 Å². The Balaban J connectivity index is 1.10. The molecular formula is C22H34N2S. The standard InChI is InChI=1S/C22H34N2S/c25-20(24-22-10-17-4-18(11-22)6-19(5-17)12-22)23-13-21-7-14-1-15(8-21)3-16(2-14)9-21/h14-19H,1-13H2,(H2,23,24,25). The molecule has 2 N–H and O–H groups in total. The highest BCUT2D eigenvalue weighted by molar-refractivity contribution is 7.80. The van der Waals surface area contributed by atoms with Crippen LogP contribution in [-0.2, 0) is 0 Å². The first-order valence-corrected chi connectivity index (χ1v) is 11.5. The molecule has 0 aromatic carbocycles. The second kappa shape index (κ2) is 5.36. The quantitative estimate of drug-likeness (QED) is 0.719. The maximum atomic E-state index is 5.82. The van der Waals surface area contributed by atoms with Crippen molar-refractivity contribution >= 4 is 17.3 Å². The third kappa shape index (κ3) is 2.66. The molecule has 8 saturated carbocycles. The molecule has 8 aliphatic carbocycles. The maximum Gasteiger partial charge on any atom is 0.166 e. The predicted molar refractivity (Wildman–Crippen MR) is 105 cm³/mol. The predicted octanol–water partition coefficient (Wildman–Crippen LogP) is 4.64. The highest BCUT2D eigenvalue weighted by Crippen LogP contribution is 2.60. The molecule has 8 bridgehead atoms. The van der Waals surface area contributed by atoms with E-state index in [1.165, 1.54) is 77.0 Å². The van der Waals surface area contributed by atoms with Crippen molar-refractivity contribution in [3.63, 3.8) is 0 Å². The van der Waals surface area contributed by atoms with Gasteiger partial charge in [-0.1, -0.05) is 0 Å². The lowest BCUT2D eigenvalue weighted by Gasteiger charge is -2.58. The molecule has 0 aliphatic heterocycles. The van der Waals surface area contributed by atoms with E-state index >= 15 is 0 Å². The van der Waals surface area contributed by atoms with Crippen molar-refractivity contribution < 1.29 is 0 Å². The van der Waals surface area contributed by atoms with Crippen molar-refractivity contribution in [3.8, 4) is 0 Å². The number of nitrogens with one attached hydrogen (secondary N) is 2. The molecule has 0 aromatic rings. The molecule has 138 valence electrons. The molecule has 3 heteroatoms. The molecule has 8 fully saturated rings. The van der Waals surface area contributed by atoms with E-state index in [4.69, 9.17) is 12.2 Å². The van der Waals surface area contributed by atoms with Gasteiger partial charge in [0.05, 0.1) is 0 Å². The van der Waals surface area contributed by atoms with E-state index < -0.39 is 0 Å². The van der Waals surface area contributed by atoms with Gasteiger partial charge in [0.25, 0.3) is 0 Å². The summed E-state index contributed by atoms with van der Waals surface area (Å²) in [6.07, 6.45) is 17.7. The Morgan fingerprint density at radius 2 is 1.08 bits per heavy atom. The van der Waals surface area contributed by atoms with Crippen molar-refractivity contribution in [2.24, 2.45) is 40.9 Å². The fourth-order valence-corrected chi connectivity index (χ4v) is 9.61. The maximum absolute atomic E-state index is 5.82. The van der Waals surface area contributed by atoms with Gasteiger partial charge >= 0.3 is 0 Å². The van der Waals surface area contributed by atoms with E-state index in [9.17, 15) is 0 Å². The second-order valence-corrected chi connectivity index (χ2v) is 11.8. The molecule has 0 heterocycles. The number of hydrogen-bond acceptors (Lipinski definition) is 1. The average molecular weight is 359 g/mol. The monoisotopic (exact) mass is 358 g/mol. The van der Waals surface area contributed by atoms with E-state index in [1.54, 1.807) is 0 Å². The van der Waals surface area contributed by atoms with Crippen LogP contribution in [0, 0.1) is 40.9 Å². The Hall–Kier alpha value is -0.310. The highest BCUT2D eigenvalue weighted by atomic mass is 32.1. The minimum atomic E-state index is 0.361. The zero-order valence-electron chi connectivity index (χ0n) is 15.6. The SMILES string of the molecule is S=C(NCC12CC3CC(CC(C3)C1)C2)NC12CC3CC(CC(C3)C1)C2. The minimum absolute atomic E-state index is 0.361. The van der Waals surface area contributed by atoms with Gasteiger partial charge in [0.15, 0.2) is 5.11 Å². The lowest BCUT2D eigenvalue weighted by atomic mass is 9.49. The van der Waals surface area contributed by atoms with Crippen molar-refractivity contribution in [3.05, 3.63) is 0 Å². The van der Waals surface area contributed by atoms with Crippen LogP contribution in [-0.4, -0.2) is 17.2 Å². The normalized spacial score (nSPS) is 54.7. The molecule has 2 nitrogen and oxygen atoms in total. The Morgan fingerprint density at radius 1 is 0.680 bits per heavy atom. The summed E-state index contributed by atoms with van der Waals surface area (Å²) in [5.41, 5.74) is 0.947. The first kappa shape index (κ1) is 15.7. The lowest BCUT2D eigenvalue weighted by molar-refractivity contribution is -0.0494. The topological polar surface area (TPSA) is 24.1 Å². The molecule has 0 amide bonds. The van der Waals surface area contributed by atoms with Crippen molar-refractivity contribution in [2.45, 2.75) is 82.6 Å². The molecule has 0 saturated heterocycles. The van der Waals surface area contributed by atoms with E-state index in [0.717, 1.165) is 47.2 Å². The van der Waals surface area contributed by atoms with Crippen molar-refractivity contribution in [2.75, 3.05) is 6.54 Å². The lowest BCUT2D eigenvalue weighted by Crippen LogP contribution is -2.62. The van der Waals surface area contributed by atoms with E-state index in [1.807, 2.05) is 0 Å². The summed E-state index contributed by atoms with van der Waals surface area (Å²) in [5.74, 6) is 6.09. The van der Waals surface area contributed by atoms with Gasteiger partial charge in [-0.05, 0) is 130 Å². The summed E-state index contributed by atoms with van der Waals surface area (Å²) in [7, 11) is 0. The summed E-state index contributed by atoms with van der Waals surface area (Å²) in [6.45, 7) is 1.15. The largest absolute Gasteiger partial charge is 0.362 e. The van der Waals surface area contributed by atoms with Gasteiger partial charge < -0.3 is 10.6 Å². The second-order valence-electron chi connectivity index (χ2n) is 11.4. The number of hydrogen-bond donors (Lipinski definition) is 2. The molecular weight excluding hydrogens is 324 g/mol. The number of thiocarbonyl (C=S) groups is 1. The van der Waals surface area contributed by atoms with Crippen LogP contribution in [0.3, 0.4) is 0 Å². The molecule has 0 radical (unpaired) electrons. The highest BCUT2D eigenvalue weighted by Gasteiger charge is 2.52.